The standard InChI is InChI=1S/C15H31NO4.C6H13N.H3O4P.Pt/c1-5-6-9-12-16(2,3)13-10-7-8-11-15(19,20-4)14(17)18;7-6-4-2-1-3-5-6;1-5(2,3)4;/h19H,5-13H2,1-4H3;6H,1-5,7H2;(H3,1,2,3,4);/q;;;+2/p-2. The second kappa shape index (κ2) is 20.3. The Labute approximate surface area is 214 Å². The van der Waals surface area contributed by atoms with E-state index in [0.29, 0.717) is 12.5 Å². The summed E-state index contributed by atoms with van der Waals surface area (Å²) in [6.45, 7) is 4.45. The Morgan fingerprint density at radius 3 is 1.88 bits per heavy atom. The average molecular weight is 680 g/mol. The third-order valence-electron chi connectivity index (χ3n) is 5.45. The number of carboxylic acid groups (broad SMARTS) is 1. The van der Waals surface area contributed by atoms with Crippen LogP contribution < -0.4 is 20.6 Å². The molecule has 0 bridgehead atoms. The summed E-state index contributed by atoms with van der Waals surface area (Å²) in [5, 5.41) is 20.3. The van der Waals surface area contributed by atoms with Crippen molar-refractivity contribution in [1.29, 1.82) is 0 Å². The number of carbonyl (C=O) groups excluding carboxylic acids is 1. The minimum Gasteiger partial charge on any atom is -0.790 e. The maximum atomic E-state index is 10.7. The minimum atomic E-state index is -5.14. The summed E-state index contributed by atoms with van der Waals surface area (Å²) >= 11 is 0. The molecule has 0 aromatic heterocycles. The summed E-state index contributed by atoms with van der Waals surface area (Å²) in [4.78, 5) is 35.0. The molecule has 0 amide bonds. The molecular formula is C21H45N2O8PPt. The van der Waals surface area contributed by atoms with Crippen molar-refractivity contribution in [2.75, 3.05) is 34.3 Å². The van der Waals surface area contributed by atoms with Crippen LogP contribution in [0.15, 0.2) is 0 Å². The van der Waals surface area contributed by atoms with Gasteiger partial charge in [-0.15, -0.1) is 0 Å². The first-order chi connectivity index (χ1) is 14.7. The number of ether oxygens (including phenoxy) is 1. The number of carbonyl (C=O) groups is 1. The number of unbranched alkanes of at least 4 members (excludes halogenated alkanes) is 4. The molecular weight excluding hydrogens is 634 g/mol. The average Bonchev–Trinajstić information content (AvgIpc) is 2.67. The largest absolute Gasteiger partial charge is 2.00 e. The molecule has 0 heterocycles. The SMILES string of the molecule is CCCCC[N+](C)(C)CCCCCC(O)(OC)C(=O)[O-].NC1CCCCC1.O=P([O-])([O-])O.[Pt+2]. The number of hydrogen-bond donors (Lipinski definition) is 3. The summed E-state index contributed by atoms with van der Waals surface area (Å²) < 4.78 is 14.3. The van der Waals surface area contributed by atoms with Gasteiger partial charge in [0.05, 0.1) is 35.0 Å². The molecule has 1 aliphatic rings. The van der Waals surface area contributed by atoms with E-state index in [1.807, 2.05) is 0 Å². The predicted molar refractivity (Wildman–Crippen MR) is 118 cm³/mol. The van der Waals surface area contributed by atoms with Gasteiger partial charge in [-0.25, -0.2) is 0 Å². The molecule has 33 heavy (non-hydrogen) atoms. The molecule has 0 aromatic rings. The molecule has 12 heteroatoms. The van der Waals surface area contributed by atoms with Crippen molar-refractivity contribution in [3.05, 3.63) is 0 Å². The fourth-order valence-electron chi connectivity index (χ4n) is 3.40. The Hall–Kier alpha value is 0.108. The molecule has 0 radical (unpaired) electrons. The van der Waals surface area contributed by atoms with Crippen molar-refractivity contribution in [3.63, 3.8) is 0 Å². The molecule has 1 unspecified atom stereocenters. The second-order valence-corrected chi connectivity index (χ2v) is 9.98. The summed E-state index contributed by atoms with van der Waals surface area (Å²) in [6.07, 6.45) is 13.0. The number of quaternary nitrogens is 1. The molecule has 1 atom stereocenters. The van der Waals surface area contributed by atoms with E-state index in [1.54, 1.807) is 0 Å². The summed E-state index contributed by atoms with van der Waals surface area (Å²) in [5.74, 6) is -3.69. The zero-order valence-electron chi connectivity index (χ0n) is 20.6. The van der Waals surface area contributed by atoms with E-state index in [0.717, 1.165) is 23.9 Å². The van der Waals surface area contributed by atoms with Gasteiger partial charge >= 0.3 is 21.1 Å². The molecule has 202 valence electrons. The number of aliphatic hydroxyl groups is 1. The van der Waals surface area contributed by atoms with Crippen LogP contribution in [-0.4, -0.2) is 66.6 Å². The Balaban J connectivity index is -0.000000562. The molecule has 1 fully saturated rings. The van der Waals surface area contributed by atoms with Crippen molar-refractivity contribution in [2.45, 2.75) is 95.8 Å². The summed E-state index contributed by atoms with van der Waals surface area (Å²) in [7, 11) is 0.494. The first kappa shape index (κ1) is 37.7. The van der Waals surface area contributed by atoms with Gasteiger partial charge in [0.2, 0.25) is 5.79 Å². The van der Waals surface area contributed by atoms with E-state index < -0.39 is 19.6 Å². The molecule has 4 N–H and O–H groups in total. The van der Waals surface area contributed by atoms with Gasteiger partial charge in [-0.05, 0) is 44.9 Å². The Morgan fingerprint density at radius 2 is 1.55 bits per heavy atom. The molecule has 0 spiro atoms. The van der Waals surface area contributed by atoms with E-state index in [-0.39, 0.29) is 27.5 Å². The molecule has 0 aromatic carbocycles. The van der Waals surface area contributed by atoms with E-state index in [4.69, 9.17) is 25.0 Å². The normalized spacial score (nSPS) is 16.3. The molecule has 0 aliphatic heterocycles. The van der Waals surface area contributed by atoms with Crippen LogP contribution in [0, 0.1) is 0 Å². The minimum absolute atomic E-state index is 0. The Kier molecular flexibility index (Phi) is 23.2. The number of methoxy groups -OCH3 is 1. The van der Waals surface area contributed by atoms with Crippen molar-refractivity contribution < 1.29 is 64.5 Å². The Bertz CT molecular complexity index is 522. The Morgan fingerprint density at radius 1 is 1.09 bits per heavy atom. The van der Waals surface area contributed by atoms with Gasteiger partial charge in [-0.2, -0.15) is 0 Å². The van der Waals surface area contributed by atoms with Gasteiger partial charge in [-0.3, -0.25) is 0 Å². The second-order valence-electron chi connectivity index (χ2n) is 9.04. The number of hydrogen-bond acceptors (Lipinski definition) is 8. The van der Waals surface area contributed by atoms with E-state index in [2.05, 4.69) is 25.8 Å². The van der Waals surface area contributed by atoms with Crippen LogP contribution in [-0.2, 0) is 35.2 Å². The van der Waals surface area contributed by atoms with Crippen LogP contribution in [0.5, 0.6) is 0 Å². The zero-order valence-corrected chi connectivity index (χ0v) is 23.8. The first-order valence-electron chi connectivity index (χ1n) is 11.5. The number of aliphatic carboxylic acids is 1. The van der Waals surface area contributed by atoms with Gasteiger partial charge in [-0.1, -0.05) is 32.6 Å². The van der Waals surface area contributed by atoms with Crippen LogP contribution in [0.1, 0.15) is 84.0 Å². The molecule has 1 aliphatic carbocycles. The predicted octanol–water partition coefficient (Wildman–Crippen LogP) is -0.0190. The number of rotatable bonds is 12. The first-order valence-corrected chi connectivity index (χ1v) is 13.0. The van der Waals surface area contributed by atoms with Crippen molar-refractivity contribution in [2.24, 2.45) is 5.73 Å². The van der Waals surface area contributed by atoms with Gasteiger partial charge in [0.1, 0.15) is 5.97 Å². The fourth-order valence-corrected chi connectivity index (χ4v) is 3.40. The van der Waals surface area contributed by atoms with Gasteiger partial charge < -0.3 is 49.2 Å². The third-order valence-corrected chi connectivity index (χ3v) is 5.45. The molecule has 0 saturated heterocycles. The molecule has 1 rings (SSSR count). The van der Waals surface area contributed by atoms with E-state index in [1.165, 1.54) is 65.0 Å². The van der Waals surface area contributed by atoms with Crippen molar-refractivity contribution in [1.82, 2.24) is 0 Å². The number of nitrogens with zero attached hydrogens (tertiary/aromatic N) is 1. The van der Waals surface area contributed by atoms with Crippen LogP contribution in [0.25, 0.3) is 0 Å². The van der Waals surface area contributed by atoms with Gasteiger partial charge in [0.15, 0.2) is 0 Å². The number of nitrogens with two attached hydrogens (primary N) is 1. The van der Waals surface area contributed by atoms with E-state index >= 15 is 0 Å². The van der Waals surface area contributed by atoms with E-state index in [9.17, 15) is 15.0 Å². The van der Waals surface area contributed by atoms with Crippen LogP contribution in [0.3, 0.4) is 0 Å². The zero-order chi connectivity index (χ0) is 25.3. The monoisotopic (exact) mass is 679 g/mol. The van der Waals surface area contributed by atoms with Gasteiger partial charge in [0, 0.05) is 19.6 Å². The quantitative estimate of drug-likeness (QED) is 0.111. The summed E-state index contributed by atoms with van der Waals surface area (Å²) in [6, 6.07) is 0.536. The van der Waals surface area contributed by atoms with Crippen LogP contribution >= 0.6 is 7.82 Å². The van der Waals surface area contributed by atoms with Gasteiger partial charge in [0.25, 0.3) is 0 Å². The van der Waals surface area contributed by atoms with Crippen LogP contribution in [0.4, 0.5) is 0 Å². The molecule has 10 nitrogen and oxygen atoms in total. The maximum absolute atomic E-state index is 10.7. The topological polar surface area (TPSA) is 179 Å². The number of carboxylic acids is 1. The van der Waals surface area contributed by atoms with Crippen molar-refractivity contribution >= 4 is 13.8 Å². The number of phosphoric acid groups is 1. The van der Waals surface area contributed by atoms with Crippen LogP contribution in [0.2, 0.25) is 0 Å². The maximum Gasteiger partial charge on any atom is 2.00 e. The fraction of sp³-hybridized carbons (Fsp3) is 0.952. The van der Waals surface area contributed by atoms with Crippen molar-refractivity contribution in [3.8, 4) is 0 Å². The summed E-state index contributed by atoms with van der Waals surface area (Å²) in [5.41, 5.74) is 5.63. The third kappa shape index (κ3) is 26.6. The molecule has 1 saturated carbocycles. The smallest absolute Gasteiger partial charge is 0.790 e.